The minimum Gasteiger partial charge on any atom is -0.398 e. The summed E-state index contributed by atoms with van der Waals surface area (Å²) in [4.78, 5) is 13.8. The summed E-state index contributed by atoms with van der Waals surface area (Å²) in [6.07, 6.45) is 0.868. The first-order chi connectivity index (χ1) is 8.10. The molecule has 0 aliphatic carbocycles. The number of carbonyl (C=O) groups is 1. The Hall–Kier alpha value is -1.55. The zero-order valence-corrected chi connectivity index (χ0v) is 10.4. The fourth-order valence-corrected chi connectivity index (χ4v) is 1.66. The number of amides is 1. The van der Waals surface area contributed by atoms with Crippen molar-refractivity contribution in [1.82, 2.24) is 4.90 Å². The lowest BCUT2D eigenvalue weighted by Gasteiger charge is -2.21. The van der Waals surface area contributed by atoms with E-state index in [1.165, 1.54) is 0 Å². The summed E-state index contributed by atoms with van der Waals surface area (Å²) >= 11 is 0. The third kappa shape index (κ3) is 3.46. The number of nitrogens with two attached hydrogens (primary N) is 1. The molecule has 0 aliphatic heterocycles. The van der Waals surface area contributed by atoms with Gasteiger partial charge in [0.15, 0.2) is 0 Å². The Morgan fingerprint density at radius 3 is 2.65 bits per heavy atom. The first-order valence-electron chi connectivity index (χ1n) is 5.86. The average Bonchev–Trinajstić information content (AvgIpc) is 2.31. The highest BCUT2D eigenvalue weighted by molar-refractivity contribution is 5.95. The lowest BCUT2D eigenvalue weighted by molar-refractivity contribution is 0.0722. The predicted octanol–water partition coefficient (Wildman–Crippen LogP) is 1.42. The van der Waals surface area contributed by atoms with Crippen LogP contribution in [0.25, 0.3) is 0 Å². The average molecular weight is 236 g/mol. The molecule has 4 heteroatoms. The maximum absolute atomic E-state index is 12.1. The number of aryl methyl sites for hydroxylation is 1. The molecule has 1 rings (SSSR count). The van der Waals surface area contributed by atoms with Crippen molar-refractivity contribution >= 4 is 11.6 Å². The van der Waals surface area contributed by atoms with Crippen LogP contribution in [0.3, 0.4) is 0 Å². The summed E-state index contributed by atoms with van der Waals surface area (Å²) in [7, 11) is 0. The maximum atomic E-state index is 12.1. The Balaban J connectivity index is 2.88. The van der Waals surface area contributed by atoms with E-state index >= 15 is 0 Å². The van der Waals surface area contributed by atoms with Gasteiger partial charge in [-0.2, -0.15) is 0 Å². The van der Waals surface area contributed by atoms with Gasteiger partial charge in [0.2, 0.25) is 0 Å². The Morgan fingerprint density at radius 2 is 2.12 bits per heavy atom. The van der Waals surface area contributed by atoms with Crippen molar-refractivity contribution in [1.29, 1.82) is 0 Å². The van der Waals surface area contributed by atoms with Crippen molar-refractivity contribution in [2.24, 2.45) is 0 Å². The smallest absolute Gasteiger partial charge is 0.254 e. The van der Waals surface area contributed by atoms with Crippen molar-refractivity contribution < 1.29 is 9.90 Å². The Bertz CT molecular complexity index is 385. The molecule has 1 amide bonds. The lowest BCUT2D eigenvalue weighted by atomic mass is 10.1. The molecule has 0 aliphatic rings. The third-order valence-electron chi connectivity index (χ3n) is 2.68. The Morgan fingerprint density at radius 1 is 1.41 bits per heavy atom. The zero-order chi connectivity index (χ0) is 12.8. The van der Waals surface area contributed by atoms with Crippen LogP contribution in [-0.2, 0) is 0 Å². The topological polar surface area (TPSA) is 66.6 Å². The number of hydrogen-bond acceptors (Lipinski definition) is 3. The first-order valence-corrected chi connectivity index (χ1v) is 5.86. The largest absolute Gasteiger partial charge is 0.398 e. The quantitative estimate of drug-likeness (QED) is 0.760. The molecule has 0 heterocycles. The summed E-state index contributed by atoms with van der Waals surface area (Å²) < 4.78 is 0. The van der Waals surface area contributed by atoms with Crippen LogP contribution in [-0.4, -0.2) is 35.6 Å². The second-order valence-corrected chi connectivity index (χ2v) is 4.09. The van der Waals surface area contributed by atoms with Crippen LogP contribution >= 0.6 is 0 Å². The van der Waals surface area contributed by atoms with Crippen LogP contribution in [0.15, 0.2) is 18.2 Å². The molecule has 0 spiro atoms. The van der Waals surface area contributed by atoms with Crippen LogP contribution in [0.2, 0.25) is 0 Å². The van der Waals surface area contributed by atoms with Crippen molar-refractivity contribution in [2.45, 2.75) is 20.3 Å². The molecular formula is C13H20N2O2. The van der Waals surface area contributed by atoms with Gasteiger partial charge in [0.1, 0.15) is 0 Å². The molecule has 17 heavy (non-hydrogen) atoms. The second-order valence-electron chi connectivity index (χ2n) is 4.09. The minimum atomic E-state index is -0.0763. The highest BCUT2D eigenvalue weighted by atomic mass is 16.3. The Kier molecular flexibility index (Phi) is 4.97. The summed E-state index contributed by atoms with van der Waals surface area (Å²) in [5, 5.41) is 8.94. The van der Waals surface area contributed by atoms with Crippen molar-refractivity contribution in [3.8, 4) is 0 Å². The van der Waals surface area contributed by atoms with Gasteiger partial charge in [-0.15, -0.1) is 0 Å². The highest BCUT2D eigenvalue weighted by Gasteiger charge is 2.14. The van der Waals surface area contributed by atoms with E-state index in [4.69, 9.17) is 10.8 Å². The first kappa shape index (κ1) is 13.5. The van der Waals surface area contributed by atoms with Crippen molar-refractivity contribution in [3.05, 3.63) is 29.3 Å². The standard InChI is InChI=1S/C13H20N2O2/c1-3-6-15(7-8-16)13(17)11-5-4-10(2)12(14)9-11/h4-5,9,16H,3,6-8,14H2,1-2H3. The van der Waals surface area contributed by atoms with Gasteiger partial charge < -0.3 is 15.7 Å². The van der Waals surface area contributed by atoms with E-state index in [-0.39, 0.29) is 12.5 Å². The van der Waals surface area contributed by atoms with Crippen LogP contribution in [0.1, 0.15) is 29.3 Å². The molecule has 1 aromatic carbocycles. The predicted molar refractivity (Wildman–Crippen MR) is 68.9 cm³/mol. The van der Waals surface area contributed by atoms with E-state index in [0.29, 0.717) is 24.3 Å². The second kappa shape index (κ2) is 6.25. The van der Waals surface area contributed by atoms with E-state index < -0.39 is 0 Å². The van der Waals surface area contributed by atoms with Gasteiger partial charge in [-0.25, -0.2) is 0 Å². The summed E-state index contributed by atoms with van der Waals surface area (Å²) in [6, 6.07) is 5.30. The van der Waals surface area contributed by atoms with Crippen LogP contribution in [0.4, 0.5) is 5.69 Å². The summed E-state index contributed by atoms with van der Waals surface area (Å²) in [5.74, 6) is -0.0763. The molecule has 0 saturated heterocycles. The molecule has 0 aromatic heterocycles. The number of nitrogens with zero attached hydrogens (tertiary/aromatic N) is 1. The molecule has 0 unspecified atom stereocenters. The molecule has 94 valence electrons. The van der Waals surface area contributed by atoms with Crippen LogP contribution in [0, 0.1) is 6.92 Å². The summed E-state index contributed by atoms with van der Waals surface area (Å²) in [5.41, 5.74) is 7.95. The molecule has 0 bridgehead atoms. The maximum Gasteiger partial charge on any atom is 0.254 e. The van der Waals surface area contributed by atoms with Gasteiger partial charge in [-0.1, -0.05) is 13.0 Å². The fourth-order valence-electron chi connectivity index (χ4n) is 1.66. The van der Waals surface area contributed by atoms with Gasteiger partial charge in [-0.3, -0.25) is 4.79 Å². The van der Waals surface area contributed by atoms with Gasteiger partial charge in [-0.05, 0) is 31.0 Å². The van der Waals surface area contributed by atoms with E-state index in [2.05, 4.69) is 0 Å². The number of carbonyl (C=O) groups excluding carboxylic acids is 1. The SMILES string of the molecule is CCCN(CCO)C(=O)c1ccc(C)c(N)c1. The highest BCUT2D eigenvalue weighted by Crippen LogP contribution is 2.14. The molecule has 0 atom stereocenters. The molecule has 0 saturated carbocycles. The molecule has 1 aromatic rings. The van der Waals surface area contributed by atoms with Crippen molar-refractivity contribution in [3.63, 3.8) is 0 Å². The number of anilines is 1. The van der Waals surface area contributed by atoms with Gasteiger partial charge >= 0.3 is 0 Å². The monoisotopic (exact) mass is 236 g/mol. The third-order valence-corrected chi connectivity index (χ3v) is 2.68. The normalized spacial score (nSPS) is 10.3. The van der Waals surface area contributed by atoms with Gasteiger partial charge in [0.05, 0.1) is 6.61 Å². The molecule has 0 fully saturated rings. The molecule has 4 nitrogen and oxygen atoms in total. The van der Waals surface area contributed by atoms with Crippen molar-refractivity contribution in [2.75, 3.05) is 25.4 Å². The number of aliphatic hydroxyl groups excluding tert-OH is 1. The fraction of sp³-hybridized carbons (Fsp3) is 0.462. The van der Waals surface area contributed by atoms with E-state index in [1.54, 1.807) is 17.0 Å². The van der Waals surface area contributed by atoms with E-state index in [1.807, 2.05) is 19.9 Å². The Labute approximate surface area is 102 Å². The minimum absolute atomic E-state index is 0.0208. The van der Waals surface area contributed by atoms with Gasteiger partial charge in [0.25, 0.3) is 5.91 Å². The molecular weight excluding hydrogens is 216 g/mol. The number of hydrogen-bond donors (Lipinski definition) is 2. The van der Waals surface area contributed by atoms with E-state index in [0.717, 1.165) is 12.0 Å². The molecule has 0 radical (unpaired) electrons. The lowest BCUT2D eigenvalue weighted by Crippen LogP contribution is -2.34. The number of nitrogen functional groups attached to an aromatic ring is 1. The number of rotatable bonds is 5. The number of aliphatic hydroxyl groups is 1. The zero-order valence-electron chi connectivity index (χ0n) is 10.4. The number of benzene rings is 1. The van der Waals surface area contributed by atoms with Gasteiger partial charge in [0, 0.05) is 24.3 Å². The summed E-state index contributed by atoms with van der Waals surface area (Å²) in [6.45, 7) is 4.89. The van der Waals surface area contributed by atoms with Crippen LogP contribution < -0.4 is 5.73 Å². The molecule has 3 N–H and O–H groups in total. The van der Waals surface area contributed by atoms with E-state index in [9.17, 15) is 4.79 Å². The van der Waals surface area contributed by atoms with Crippen LogP contribution in [0.5, 0.6) is 0 Å².